The molecule has 0 aliphatic rings. The minimum Gasteiger partial charge on any atom is -0.493 e. The Morgan fingerprint density at radius 3 is 2.00 bits per heavy atom. The molecule has 0 bridgehead atoms. The van der Waals surface area contributed by atoms with Gasteiger partial charge >= 0.3 is 0 Å². The second kappa shape index (κ2) is 13.5. The van der Waals surface area contributed by atoms with Crippen molar-refractivity contribution in [3.8, 4) is 17.2 Å². The number of unbranched alkanes of at least 4 members (excludes halogenated alkanes) is 6. The zero-order valence-electron chi connectivity index (χ0n) is 18.5. The fourth-order valence-corrected chi connectivity index (χ4v) is 3.47. The van der Waals surface area contributed by atoms with E-state index < -0.39 is 0 Å². The maximum Gasteiger partial charge on any atom is 0.203 e. The second-order valence-corrected chi connectivity index (χ2v) is 7.33. The number of ketones is 1. The van der Waals surface area contributed by atoms with Crippen molar-refractivity contribution in [1.82, 2.24) is 0 Å². The van der Waals surface area contributed by atoms with E-state index >= 15 is 0 Å². The van der Waals surface area contributed by atoms with Gasteiger partial charge in [0.05, 0.1) is 21.3 Å². The first-order chi connectivity index (χ1) is 14.7. The van der Waals surface area contributed by atoms with Crippen molar-refractivity contribution in [3.63, 3.8) is 0 Å². The molecule has 4 heteroatoms. The average Bonchev–Trinajstić information content (AvgIpc) is 2.79. The third kappa shape index (κ3) is 7.58. The Kier molecular flexibility index (Phi) is 10.6. The molecule has 0 fully saturated rings. The molecule has 0 radical (unpaired) electrons. The Labute approximate surface area is 180 Å². The van der Waals surface area contributed by atoms with E-state index in [9.17, 15) is 4.79 Å². The molecule has 0 aliphatic carbocycles. The van der Waals surface area contributed by atoms with E-state index in [0.29, 0.717) is 17.2 Å². The number of carbonyl (C=O) groups is 1. The first-order valence-corrected chi connectivity index (χ1v) is 10.7. The number of ether oxygens (including phenoxy) is 3. The van der Waals surface area contributed by atoms with Crippen LogP contribution in [-0.4, -0.2) is 27.1 Å². The fourth-order valence-electron chi connectivity index (χ4n) is 3.47. The molecular weight excluding hydrogens is 376 g/mol. The molecule has 0 N–H and O–H groups in total. The number of allylic oxidation sites excluding steroid dienone is 2. The molecule has 162 valence electrons. The number of hydrogen-bond acceptors (Lipinski definition) is 4. The standard InChI is InChI=1S/C26H34O4/c1-28-24-19-21(20-25(29-2)26(24)30-3)15-11-8-6-4-5-7-9-14-18-23(27)22-16-12-10-13-17-22/h10,12-14,16-20H,4-9,11,15H2,1-3H3. The maximum absolute atomic E-state index is 12.0. The minimum atomic E-state index is 0.0855. The van der Waals surface area contributed by atoms with Crippen LogP contribution >= 0.6 is 0 Å². The van der Waals surface area contributed by atoms with Gasteiger partial charge in [-0.2, -0.15) is 0 Å². The summed E-state index contributed by atoms with van der Waals surface area (Å²) in [6.07, 6.45) is 12.8. The number of aryl methyl sites for hydroxylation is 1. The van der Waals surface area contributed by atoms with E-state index in [1.54, 1.807) is 27.4 Å². The van der Waals surface area contributed by atoms with Crippen LogP contribution in [0, 0.1) is 0 Å². The van der Waals surface area contributed by atoms with Crippen molar-refractivity contribution in [2.45, 2.75) is 51.4 Å². The van der Waals surface area contributed by atoms with Crippen molar-refractivity contribution in [2.24, 2.45) is 0 Å². The van der Waals surface area contributed by atoms with E-state index in [4.69, 9.17) is 14.2 Å². The molecule has 0 saturated carbocycles. The van der Waals surface area contributed by atoms with Crippen molar-refractivity contribution in [2.75, 3.05) is 21.3 Å². The highest BCUT2D eigenvalue weighted by Crippen LogP contribution is 2.38. The van der Waals surface area contributed by atoms with Gasteiger partial charge in [-0.25, -0.2) is 0 Å². The summed E-state index contributed by atoms with van der Waals surface area (Å²) in [6, 6.07) is 13.5. The summed E-state index contributed by atoms with van der Waals surface area (Å²) in [4.78, 5) is 12.0. The SMILES string of the molecule is COc1cc(CCCCCCCCC=CC(=O)c2ccccc2)cc(OC)c1OC. The molecule has 2 rings (SSSR count). The minimum absolute atomic E-state index is 0.0855. The molecule has 2 aromatic rings. The molecule has 0 amide bonds. The molecule has 0 aliphatic heterocycles. The van der Waals surface area contributed by atoms with Gasteiger partial charge in [-0.05, 0) is 49.5 Å². The monoisotopic (exact) mass is 410 g/mol. The maximum atomic E-state index is 12.0. The van der Waals surface area contributed by atoms with Crippen LogP contribution in [0.15, 0.2) is 54.6 Å². The van der Waals surface area contributed by atoms with Crippen molar-refractivity contribution < 1.29 is 19.0 Å². The molecule has 0 heterocycles. The van der Waals surface area contributed by atoms with Crippen LogP contribution in [0.2, 0.25) is 0 Å². The molecule has 0 spiro atoms. The molecular formula is C26H34O4. The smallest absolute Gasteiger partial charge is 0.203 e. The summed E-state index contributed by atoms with van der Waals surface area (Å²) in [5, 5.41) is 0. The van der Waals surface area contributed by atoms with Crippen LogP contribution in [0.5, 0.6) is 17.2 Å². The second-order valence-electron chi connectivity index (χ2n) is 7.33. The lowest BCUT2D eigenvalue weighted by atomic mass is 10.0. The summed E-state index contributed by atoms with van der Waals surface area (Å²) in [7, 11) is 4.92. The number of benzene rings is 2. The summed E-state index contributed by atoms with van der Waals surface area (Å²) < 4.78 is 16.2. The van der Waals surface area contributed by atoms with E-state index in [2.05, 4.69) is 0 Å². The molecule has 0 aromatic heterocycles. The van der Waals surface area contributed by atoms with Gasteiger partial charge in [0, 0.05) is 5.56 Å². The van der Waals surface area contributed by atoms with Crippen molar-refractivity contribution >= 4 is 5.78 Å². The highest BCUT2D eigenvalue weighted by Gasteiger charge is 2.12. The van der Waals surface area contributed by atoms with Crippen molar-refractivity contribution in [1.29, 1.82) is 0 Å². The Morgan fingerprint density at radius 1 is 0.800 bits per heavy atom. The molecule has 30 heavy (non-hydrogen) atoms. The Morgan fingerprint density at radius 2 is 1.40 bits per heavy atom. The predicted octanol–water partition coefficient (Wildman–Crippen LogP) is 6.42. The van der Waals surface area contributed by atoms with E-state index in [0.717, 1.165) is 31.2 Å². The van der Waals surface area contributed by atoms with E-state index in [1.165, 1.54) is 31.2 Å². The lowest BCUT2D eigenvalue weighted by molar-refractivity contribution is 0.104. The molecule has 0 unspecified atom stereocenters. The quantitative estimate of drug-likeness (QED) is 0.205. The van der Waals surface area contributed by atoms with Crippen LogP contribution < -0.4 is 14.2 Å². The van der Waals surface area contributed by atoms with Gasteiger partial charge in [0.1, 0.15) is 0 Å². The van der Waals surface area contributed by atoms with Crippen LogP contribution in [0.3, 0.4) is 0 Å². The van der Waals surface area contributed by atoms with Gasteiger partial charge in [-0.15, -0.1) is 0 Å². The Balaban J connectivity index is 1.59. The number of hydrogen-bond donors (Lipinski definition) is 0. The van der Waals surface area contributed by atoms with Gasteiger partial charge in [0.15, 0.2) is 17.3 Å². The first kappa shape index (κ1) is 23.5. The zero-order valence-corrected chi connectivity index (χ0v) is 18.5. The van der Waals surface area contributed by atoms with Crippen LogP contribution in [0.4, 0.5) is 0 Å². The normalized spacial score (nSPS) is 10.9. The third-order valence-electron chi connectivity index (χ3n) is 5.14. The Hall–Kier alpha value is -2.75. The molecule has 4 nitrogen and oxygen atoms in total. The molecule has 0 atom stereocenters. The molecule has 2 aromatic carbocycles. The van der Waals surface area contributed by atoms with Crippen molar-refractivity contribution in [3.05, 3.63) is 65.7 Å². The van der Waals surface area contributed by atoms with E-state index in [1.807, 2.05) is 48.5 Å². The lowest BCUT2D eigenvalue weighted by Gasteiger charge is -2.14. The number of rotatable bonds is 14. The summed E-state index contributed by atoms with van der Waals surface area (Å²) in [5.41, 5.74) is 1.96. The lowest BCUT2D eigenvalue weighted by Crippen LogP contribution is -1.97. The van der Waals surface area contributed by atoms with Gasteiger partial charge in [-0.3, -0.25) is 4.79 Å². The van der Waals surface area contributed by atoms with E-state index in [-0.39, 0.29) is 5.78 Å². The Bertz CT molecular complexity index is 771. The fraction of sp³-hybridized carbons (Fsp3) is 0.423. The largest absolute Gasteiger partial charge is 0.493 e. The highest BCUT2D eigenvalue weighted by molar-refractivity contribution is 6.04. The van der Waals surface area contributed by atoms with Gasteiger partial charge < -0.3 is 14.2 Å². The summed E-state index contributed by atoms with van der Waals surface area (Å²) in [5.74, 6) is 2.15. The zero-order chi connectivity index (χ0) is 21.6. The molecule has 0 saturated heterocycles. The topological polar surface area (TPSA) is 44.8 Å². The van der Waals surface area contributed by atoms with Gasteiger partial charge in [0.2, 0.25) is 5.75 Å². The van der Waals surface area contributed by atoms with Crippen LogP contribution in [-0.2, 0) is 6.42 Å². The third-order valence-corrected chi connectivity index (χ3v) is 5.14. The number of carbonyl (C=O) groups excluding carboxylic acids is 1. The van der Waals surface area contributed by atoms with Crippen LogP contribution in [0.1, 0.15) is 60.9 Å². The summed E-state index contributed by atoms with van der Waals surface area (Å²) in [6.45, 7) is 0. The summed E-state index contributed by atoms with van der Waals surface area (Å²) >= 11 is 0. The average molecular weight is 411 g/mol. The first-order valence-electron chi connectivity index (χ1n) is 10.7. The highest BCUT2D eigenvalue weighted by atomic mass is 16.5. The predicted molar refractivity (Wildman–Crippen MR) is 122 cm³/mol. The van der Waals surface area contributed by atoms with Gasteiger partial charge in [0.25, 0.3) is 0 Å². The van der Waals surface area contributed by atoms with Gasteiger partial charge in [-0.1, -0.05) is 62.1 Å². The van der Waals surface area contributed by atoms with Crippen LogP contribution in [0.25, 0.3) is 0 Å². The number of methoxy groups -OCH3 is 3.